The average Bonchev–Trinajstić information content (AvgIpc) is 3.03. The monoisotopic (exact) mass is 472 g/mol. The Bertz CT molecular complexity index is 1330. The van der Waals surface area contributed by atoms with E-state index in [2.05, 4.69) is 15.5 Å². The Morgan fingerprint density at radius 3 is 2.36 bits per heavy atom. The van der Waals surface area contributed by atoms with E-state index in [0.717, 1.165) is 17.7 Å². The zero-order valence-electron chi connectivity index (χ0n) is 16.8. The molecule has 2 N–H and O–H groups in total. The maximum absolute atomic E-state index is 13.9. The van der Waals surface area contributed by atoms with Gasteiger partial charge in [-0.2, -0.15) is 13.2 Å². The molecule has 5 nitrogen and oxygen atoms in total. The maximum Gasteiger partial charge on any atom is 0.416 e. The first-order chi connectivity index (χ1) is 15.7. The number of benzene rings is 3. The second-order valence-corrected chi connectivity index (χ2v) is 7.50. The van der Waals surface area contributed by atoms with Crippen LogP contribution >= 0.6 is 12.2 Å². The van der Waals surface area contributed by atoms with Crippen molar-refractivity contribution in [3.63, 3.8) is 0 Å². The molecule has 0 aliphatic heterocycles. The Kier molecular flexibility index (Phi) is 6.10. The first-order valence-electron chi connectivity index (χ1n) is 9.67. The number of aromatic nitrogens is 1. The van der Waals surface area contributed by atoms with Crippen LogP contribution in [-0.4, -0.2) is 14.8 Å². The van der Waals surface area contributed by atoms with Gasteiger partial charge in [-0.1, -0.05) is 30.3 Å². The van der Waals surface area contributed by atoms with Gasteiger partial charge in [-0.15, -0.1) is 10.2 Å². The molecule has 1 aromatic heterocycles. The molecule has 0 radical (unpaired) electrons. The number of azo groups is 1. The highest BCUT2D eigenvalue weighted by Crippen LogP contribution is 2.39. The van der Waals surface area contributed by atoms with E-state index < -0.39 is 17.6 Å². The third-order valence-electron chi connectivity index (χ3n) is 4.86. The molecule has 0 atom stereocenters. The van der Waals surface area contributed by atoms with Crippen molar-refractivity contribution >= 4 is 39.6 Å². The minimum atomic E-state index is -4.44. The summed E-state index contributed by atoms with van der Waals surface area (Å²) in [4.78, 5) is 0. The molecule has 0 unspecified atom stereocenters. The van der Waals surface area contributed by atoms with Crippen molar-refractivity contribution in [2.45, 2.75) is 12.7 Å². The largest absolute Gasteiger partial charge is 0.493 e. The molecule has 168 valence electrons. The van der Waals surface area contributed by atoms with E-state index in [1.54, 1.807) is 4.57 Å². The first kappa shape index (κ1) is 22.4. The number of alkyl halides is 3. The molecule has 10 heteroatoms. The minimum absolute atomic E-state index is 0.0250. The Labute approximate surface area is 191 Å². The van der Waals surface area contributed by atoms with E-state index in [0.29, 0.717) is 17.4 Å². The highest BCUT2D eigenvalue weighted by Gasteiger charge is 2.30. The van der Waals surface area contributed by atoms with Crippen molar-refractivity contribution in [2.75, 3.05) is 5.32 Å². The van der Waals surface area contributed by atoms with Gasteiger partial charge in [-0.3, -0.25) is 0 Å². The molecule has 0 amide bonds. The van der Waals surface area contributed by atoms with E-state index in [1.807, 2.05) is 30.3 Å². The Balaban J connectivity index is 1.60. The number of thiocarbonyl (C=S) groups is 1. The minimum Gasteiger partial charge on any atom is -0.493 e. The van der Waals surface area contributed by atoms with Crippen LogP contribution in [0.4, 0.5) is 28.9 Å². The van der Waals surface area contributed by atoms with Crippen LogP contribution in [0.3, 0.4) is 0 Å². The van der Waals surface area contributed by atoms with Gasteiger partial charge in [0, 0.05) is 11.1 Å². The lowest BCUT2D eigenvalue weighted by Crippen LogP contribution is -2.07. The number of hydrogen-bond acceptors (Lipinski definition) is 3. The van der Waals surface area contributed by atoms with Gasteiger partial charge in [0.05, 0.1) is 17.6 Å². The van der Waals surface area contributed by atoms with Crippen molar-refractivity contribution in [2.24, 2.45) is 10.2 Å². The number of aromatic hydroxyl groups is 1. The van der Waals surface area contributed by atoms with Gasteiger partial charge in [-0.05, 0) is 60.2 Å². The van der Waals surface area contributed by atoms with Crippen molar-refractivity contribution in [3.05, 3.63) is 89.7 Å². The lowest BCUT2D eigenvalue weighted by Gasteiger charge is -2.08. The summed E-state index contributed by atoms with van der Waals surface area (Å²) < 4.78 is 53.6. The summed E-state index contributed by atoms with van der Waals surface area (Å²) in [6.45, 7) is 0.318. The summed E-state index contributed by atoms with van der Waals surface area (Å²) in [5, 5.41) is 21.5. The van der Waals surface area contributed by atoms with Gasteiger partial charge in [0.1, 0.15) is 5.82 Å². The summed E-state index contributed by atoms with van der Waals surface area (Å²) in [6.07, 6.45) is -4.44. The van der Waals surface area contributed by atoms with Crippen molar-refractivity contribution in [3.8, 4) is 5.88 Å². The number of fused-ring (bicyclic) bond motifs is 1. The van der Waals surface area contributed by atoms with Gasteiger partial charge in [0.2, 0.25) is 11.0 Å². The van der Waals surface area contributed by atoms with E-state index in [-0.39, 0.29) is 22.4 Å². The molecule has 3 aromatic carbocycles. The molecular weight excluding hydrogens is 456 g/mol. The van der Waals surface area contributed by atoms with Crippen LogP contribution in [0.1, 0.15) is 11.1 Å². The number of anilines is 1. The number of halogens is 4. The summed E-state index contributed by atoms with van der Waals surface area (Å²) >= 11 is 5.09. The third kappa shape index (κ3) is 5.01. The van der Waals surface area contributed by atoms with E-state index in [1.165, 1.54) is 30.3 Å². The van der Waals surface area contributed by atoms with E-state index >= 15 is 0 Å². The number of hydrogen-bond donors (Lipinski definition) is 2. The Hall–Kier alpha value is -3.79. The molecule has 0 aliphatic rings. The van der Waals surface area contributed by atoms with Gasteiger partial charge >= 0.3 is 6.18 Å². The van der Waals surface area contributed by atoms with Crippen molar-refractivity contribution in [1.82, 2.24) is 4.57 Å². The molecule has 0 spiro atoms. The zero-order valence-corrected chi connectivity index (χ0v) is 17.7. The smallest absolute Gasteiger partial charge is 0.416 e. The highest BCUT2D eigenvalue weighted by molar-refractivity contribution is 7.80. The number of nitrogens with one attached hydrogen (secondary N) is 1. The average molecular weight is 472 g/mol. The topological polar surface area (TPSA) is 61.9 Å². The maximum atomic E-state index is 13.9. The van der Waals surface area contributed by atoms with Crippen LogP contribution < -0.4 is 5.32 Å². The van der Waals surface area contributed by atoms with E-state index in [9.17, 15) is 22.7 Å². The molecular formula is C23H16F4N4OS. The van der Waals surface area contributed by atoms with Crippen LogP contribution in [0, 0.1) is 5.82 Å². The second-order valence-electron chi connectivity index (χ2n) is 7.11. The Morgan fingerprint density at radius 1 is 1.00 bits per heavy atom. The summed E-state index contributed by atoms with van der Waals surface area (Å²) in [6, 6.07) is 17.7. The third-order valence-corrected chi connectivity index (χ3v) is 5.04. The molecule has 0 saturated heterocycles. The highest BCUT2D eigenvalue weighted by atomic mass is 32.1. The van der Waals surface area contributed by atoms with Gasteiger partial charge in [0.15, 0.2) is 5.69 Å². The second kappa shape index (κ2) is 8.99. The first-order valence-corrected chi connectivity index (χ1v) is 10.1. The molecule has 4 rings (SSSR count). The molecule has 0 aliphatic carbocycles. The molecule has 0 fully saturated rings. The van der Waals surface area contributed by atoms with Crippen molar-refractivity contribution < 1.29 is 22.7 Å². The lowest BCUT2D eigenvalue weighted by molar-refractivity contribution is -0.137. The molecule has 0 saturated carbocycles. The number of nitrogens with zero attached hydrogens (tertiary/aromatic N) is 3. The Morgan fingerprint density at radius 2 is 1.70 bits per heavy atom. The predicted molar refractivity (Wildman–Crippen MR) is 121 cm³/mol. The van der Waals surface area contributed by atoms with Gasteiger partial charge in [-0.25, -0.2) is 4.39 Å². The predicted octanol–water partition coefficient (Wildman–Crippen LogP) is 7.03. The van der Waals surface area contributed by atoms with Crippen LogP contribution in [0.25, 0.3) is 10.9 Å². The lowest BCUT2D eigenvalue weighted by atomic mass is 10.2. The van der Waals surface area contributed by atoms with Crippen LogP contribution in [0.15, 0.2) is 83.0 Å². The zero-order chi connectivity index (χ0) is 23.6. The molecule has 0 bridgehead atoms. The van der Waals surface area contributed by atoms with Crippen LogP contribution in [-0.2, 0) is 12.7 Å². The standard InChI is InChI=1S/C23H16F4N4OS/c24-16-8-11-19-18(12-16)20(21(32)31(19)13-14-4-2-1-3-5-14)29-30-22(33)28-17-9-6-15(7-10-17)23(25,26)27/h1-12,32H,13H2,(H,28,33). The summed E-state index contributed by atoms with van der Waals surface area (Å²) in [7, 11) is 0. The fourth-order valence-electron chi connectivity index (χ4n) is 3.31. The summed E-state index contributed by atoms with van der Waals surface area (Å²) in [5.74, 6) is -0.734. The summed E-state index contributed by atoms with van der Waals surface area (Å²) in [5.41, 5.74) is 0.981. The normalized spacial score (nSPS) is 11.9. The fourth-order valence-corrected chi connectivity index (χ4v) is 3.47. The van der Waals surface area contributed by atoms with Gasteiger partial charge in [0.25, 0.3) is 0 Å². The number of rotatable bonds is 4. The van der Waals surface area contributed by atoms with E-state index in [4.69, 9.17) is 12.2 Å². The molecule has 1 heterocycles. The van der Waals surface area contributed by atoms with Gasteiger partial charge < -0.3 is 15.0 Å². The van der Waals surface area contributed by atoms with Crippen molar-refractivity contribution in [1.29, 1.82) is 0 Å². The quantitative estimate of drug-likeness (QED) is 0.190. The molecule has 33 heavy (non-hydrogen) atoms. The molecule has 4 aromatic rings. The fraction of sp³-hybridized carbons (Fsp3) is 0.0870. The van der Waals surface area contributed by atoms with Crippen LogP contribution in [0.2, 0.25) is 0 Å². The SMILES string of the molecule is Oc1c(N=NC(=S)Nc2ccc(C(F)(F)F)cc2)c2cc(F)ccc2n1Cc1ccccc1. The van der Waals surface area contributed by atoms with Crippen LogP contribution in [0.5, 0.6) is 5.88 Å².